The van der Waals surface area contributed by atoms with Gasteiger partial charge in [0.2, 0.25) is 0 Å². The molecule has 5 heteroatoms. The number of nitrogens with zero attached hydrogens (tertiary/aromatic N) is 1. The van der Waals surface area contributed by atoms with E-state index in [1.807, 2.05) is 19.1 Å². The van der Waals surface area contributed by atoms with Crippen LogP contribution in [0, 0.1) is 6.92 Å². The van der Waals surface area contributed by atoms with E-state index in [4.69, 9.17) is 13.9 Å². The molecule has 1 aliphatic rings. The molecule has 1 aliphatic heterocycles. The van der Waals surface area contributed by atoms with Crippen LogP contribution in [0.2, 0.25) is 0 Å². The number of aliphatic imine (C=N–C) groups is 1. The van der Waals surface area contributed by atoms with Crippen molar-refractivity contribution in [1.29, 1.82) is 0 Å². The average Bonchev–Trinajstić information content (AvgIpc) is 2.96. The molecule has 0 N–H and O–H groups in total. The van der Waals surface area contributed by atoms with E-state index in [-0.39, 0.29) is 5.63 Å². The van der Waals surface area contributed by atoms with Gasteiger partial charge in [-0.2, -0.15) is 0 Å². The normalized spacial score (nSPS) is 14.0. The van der Waals surface area contributed by atoms with E-state index in [1.165, 1.54) is 6.07 Å². The first-order valence-electron chi connectivity index (χ1n) is 7.06. The number of hydrogen-bond donors (Lipinski definition) is 0. The molecule has 0 saturated carbocycles. The van der Waals surface area contributed by atoms with Gasteiger partial charge in [0.1, 0.15) is 17.9 Å². The highest BCUT2D eigenvalue weighted by atomic mass is 16.5. The Morgan fingerprint density at radius 2 is 2.24 bits per heavy atom. The monoisotopic (exact) mass is 287 g/mol. The highest BCUT2D eigenvalue weighted by Crippen LogP contribution is 2.22. The van der Waals surface area contributed by atoms with Crippen LogP contribution in [0.25, 0.3) is 11.0 Å². The van der Waals surface area contributed by atoms with E-state index in [1.54, 1.807) is 6.07 Å². The maximum atomic E-state index is 11.4. The molecule has 0 atom stereocenters. The van der Waals surface area contributed by atoms with E-state index in [9.17, 15) is 4.79 Å². The van der Waals surface area contributed by atoms with Gasteiger partial charge in [-0.1, -0.05) is 0 Å². The SMILES string of the molecule is Cc1cc(=O)oc2cc(OCCCC3=NCCO3)ccc12. The molecular weight excluding hydrogens is 270 g/mol. The summed E-state index contributed by atoms with van der Waals surface area (Å²) in [7, 11) is 0. The zero-order chi connectivity index (χ0) is 14.7. The number of rotatable bonds is 5. The van der Waals surface area contributed by atoms with Crippen LogP contribution < -0.4 is 10.4 Å². The van der Waals surface area contributed by atoms with Crippen LogP contribution in [-0.2, 0) is 4.74 Å². The van der Waals surface area contributed by atoms with Gasteiger partial charge in [-0.05, 0) is 31.0 Å². The van der Waals surface area contributed by atoms with Crippen molar-refractivity contribution in [2.75, 3.05) is 19.8 Å². The first-order valence-corrected chi connectivity index (χ1v) is 7.06. The molecular formula is C16H17NO4. The smallest absolute Gasteiger partial charge is 0.336 e. The van der Waals surface area contributed by atoms with Crippen molar-refractivity contribution in [1.82, 2.24) is 0 Å². The minimum absolute atomic E-state index is 0.339. The standard InChI is InChI=1S/C16H17NO4/c1-11-9-16(18)21-14-10-12(4-5-13(11)14)19-7-2-3-15-17-6-8-20-15/h4-5,9-10H,2-3,6-8H2,1H3. The van der Waals surface area contributed by atoms with Gasteiger partial charge in [-0.15, -0.1) is 0 Å². The summed E-state index contributed by atoms with van der Waals surface area (Å²) in [4.78, 5) is 15.6. The summed E-state index contributed by atoms with van der Waals surface area (Å²) in [5, 5.41) is 0.927. The maximum absolute atomic E-state index is 11.4. The predicted molar refractivity (Wildman–Crippen MR) is 80.2 cm³/mol. The van der Waals surface area contributed by atoms with E-state index in [0.29, 0.717) is 24.5 Å². The largest absolute Gasteiger partial charge is 0.493 e. The molecule has 2 aromatic rings. The van der Waals surface area contributed by atoms with Crippen molar-refractivity contribution in [3.8, 4) is 5.75 Å². The van der Waals surface area contributed by atoms with Crippen molar-refractivity contribution in [3.05, 3.63) is 40.2 Å². The first kappa shape index (κ1) is 13.7. The summed E-state index contributed by atoms with van der Waals surface area (Å²) in [6.45, 7) is 3.92. The molecule has 21 heavy (non-hydrogen) atoms. The maximum Gasteiger partial charge on any atom is 0.336 e. The van der Waals surface area contributed by atoms with Gasteiger partial charge in [-0.25, -0.2) is 4.79 Å². The molecule has 0 saturated heterocycles. The van der Waals surface area contributed by atoms with E-state index in [0.717, 1.165) is 36.2 Å². The van der Waals surface area contributed by atoms with Crippen LogP contribution in [0.3, 0.4) is 0 Å². The molecule has 110 valence electrons. The highest BCUT2D eigenvalue weighted by Gasteiger charge is 2.07. The fraction of sp³-hybridized carbons (Fsp3) is 0.375. The Bertz CT molecular complexity index is 733. The summed E-state index contributed by atoms with van der Waals surface area (Å²) in [5.41, 5.74) is 1.12. The zero-order valence-electron chi connectivity index (χ0n) is 11.9. The third-order valence-electron chi connectivity index (χ3n) is 3.37. The van der Waals surface area contributed by atoms with Crippen LogP contribution in [0.1, 0.15) is 18.4 Å². The molecule has 5 nitrogen and oxygen atoms in total. The summed E-state index contributed by atoms with van der Waals surface area (Å²) in [6.07, 6.45) is 1.64. The lowest BCUT2D eigenvalue weighted by molar-refractivity contribution is 0.300. The fourth-order valence-electron chi connectivity index (χ4n) is 2.34. The van der Waals surface area contributed by atoms with Crippen molar-refractivity contribution >= 4 is 16.9 Å². The third kappa shape index (κ3) is 3.24. The van der Waals surface area contributed by atoms with Crippen molar-refractivity contribution in [3.63, 3.8) is 0 Å². The number of aryl methyl sites for hydroxylation is 1. The van der Waals surface area contributed by atoms with Gasteiger partial charge in [0.25, 0.3) is 0 Å². The Morgan fingerprint density at radius 1 is 1.33 bits per heavy atom. The molecule has 0 fully saturated rings. The van der Waals surface area contributed by atoms with Crippen LogP contribution in [0.15, 0.2) is 38.5 Å². The summed E-state index contributed by atoms with van der Waals surface area (Å²) in [5.74, 6) is 1.52. The van der Waals surface area contributed by atoms with E-state index < -0.39 is 0 Å². The molecule has 0 spiro atoms. The van der Waals surface area contributed by atoms with Gasteiger partial charge in [0.15, 0.2) is 5.90 Å². The number of ether oxygens (including phenoxy) is 2. The molecule has 0 aliphatic carbocycles. The lowest BCUT2D eigenvalue weighted by Crippen LogP contribution is -2.04. The highest BCUT2D eigenvalue weighted by molar-refractivity contribution is 5.81. The molecule has 3 rings (SSSR count). The van der Waals surface area contributed by atoms with Crippen LogP contribution in [0.4, 0.5) is 0 Å². The molecule has 0 unspecified atom stereocenters. The minimum atomic E-state index is -0.339. The Morgan fingerprint density at radius 3 is 3.05 bits per heavy atom. The lowest BCUT2D eigenvalue weighted by Gasteiger charge is -2.07. The van der Waals surface area contributed by atoms with E-state index in [2.05, 4.69) is 4.99 Å². The fourth-order valence-corrected chi connectivity index (χ4v) is 2.34. The van der Waals surface area contributed by atoms with Crippen LogP contribution in [0.5, 0.6) is 5.75 Å². The van der Waals surface area contributed by atoms with Crippen molar-refractivity contribution in [2.45, 2.75) is 19.8 Å². The average molecular weight is 287 g/mol. The van der Waals surface area contributed by atoms with E-state index >= 15 is 0 Å². The number of benzene rings is 1. The van der Waals surface area contributed by atoms with Gasteiger partial charge in [0, 0.05) is 23.9 Å². The molecule has 1 aromatic carbocycles. The predicted octanol–water partition coefficient (Wildman–Crippen LogP) is 2.69. The second-order valence-corrected chi connectivity index (χ2v) is 4.98. The van der Waals surface area contributed by atoms with Gasteiger partial charge in [-0.3, -0.25) is 4.99 Å². The molecule has 0 amide bonds. The molecule has 2 heterocycles. The zero-order valence-corrected chi connectivity index (χ0v) is 11.9. The summed E-state index contributed by atoms with van der Waals surface area (Å²) < 4.78 is 16.2. The topological polar surface area (TPSA) is 61.0 Å². The Balaban J connectivity index is 1.63. The van der Waals surface area contributed by atoms with Crippen molar-refractivity contribution < 1.29 is 13.9 Å². The Kier molecular flexibility index (Phi) is 3.90. The van der Waals surface area contributed by atoms with Gasteiger partial charge < -0.3 is 13.9 Å². The summed E-state index contributed by atoms with van der Waals surface area (Å²) in [6, 6.07) is 7.05. The molecule has 0 radical (unpaired) electrons. The number of fused-ring (bicyclic) bond motifs is 1. The van der Waals surface area contributed by atoms with Gasteiger partial charge >= 0.3 is 5.63 Å². The first-order chi connectivity index (χ1) is 10.2. The second kappa shape index (κ2) is 5.99. The van der Waals surface area contributed by atoms with Crippen LogP contribution in [-0.4, -0.2) is 25.7 Å². The minimum Gasteiger partial charge on any atom is -0.493 e. The Labute approximate surface area is 122 Å². The van der Waals surface area contributed by atoms with Crippen LogP contribution >= 0.6 is 0 Å². The second-order valence-electron chi connectivity index (χ2n) is 4.98. The quantitative estimate of drug-likeness (QED) is 0.626. The lowest BCUT2D eigenvalue weighted by atomic mass is 10.1. The summed E-state index contributed by atoms with van der Waals surface area (Å²) >= 11 is 0. The number of hydrogen-bond acceptors (Lipinski definition) is 5. The molecule has 0 bridgehead atoms. The van der Waals surface area contributed by atoms with Gasteiger partial charge in [0.05, 0.1) is 13.2 Å². The third-order valence-corrected chi connectivity index (χ3v) is 3.37. The molecule has 1 aromatic heterocycles. The van der Waals surface area contributed by atoms with Crippen molar-refractivity contribution in [2.24, 2.45) is 4.99 Å². The Hall–Kier alpha value is -2.30.